The van der Waals surface area contributed by atoms with Gasteiger partial charge >= 0.3 is 14.4 Å². The standard InChI is InChI=1S/C13H11NO.2C8H17.Al/c14-13(15)12-9-5-4-8-11(12)10-6-2-1-3-7-10;2*1-3-5-7-8-6-4-2;/h1-9H,(H2,14,15);2*1,3-8H2,2H3;/q;;;+1/p-1. The van der Waals surface area contributed by atoms with Gasteiger partial charge in [-0.3, -0.25) is 4.79 Å². The van der Waals surface area contributed by atoms with Gasteiger partial charge in [-0.1, -0.05) is 150 Å². The van der Waals surface area contributed by atoms with Crippen LogP contribution in [0.4, 0.5) is 0 Å². The van der Waals surface area contributed by atoms with E-state index in [0.717, 1.165) is 16.7 Å². The van der Waals surface area contributed by atoms with E-state index in [1.54, 1.807) is 0 Å². The molecule has 0 aromatic heterocycles. The maximum Gasteiger partial charge on any atom is 0.414 e. The van der Waals surface area contributed by atoms with Crippen LogP contribution < -0.4 is 4.30 Å². The molecule has 0 spiro atoms. The summed E-state index contributed by atoms with van der Waals surface area (Å²) in [6.45, 7) is 4.54. The van der Waals surface area contributed by atoms with Crippen molar-refractivity contribution in [2.45, 2.75) is 101 Å². The third-order valence-electron chi connectivity index (χ3n) is 6.40. The van der Waals surface area contributed by atoms with E-state index in [9.17, 15) is 4.79 Å². The van der Waals surface area contributed by atoms with Gasteiger partial charge < -0.3 is 4.30 Å². The molecule has 0 atom stereocenters. The molecule has 2 rings (SSSR count). The third kappa shape index (κ3) is 10.4. The topological polar surface area (TPSA) is 29.1 Å². The van der Waals surface area contributed by atoms with Crippen LogP contribution >= 0.6 is 0 Å². The summed E-state index contributed by atoms with van der Waals surface area (Å²) in [6.07, 6.45) is 15.9. The third-order valence-corrected chi connectivity index (χ3v) is 9.28. The molecular formula is C29H44AlNO. The quantitative estimate of drug-likeness (QED) is 0.190. The van der Waals surface area contributed by atoms with E-state index in [4.69, 9.17) is 0 Å². The second-order valence-corrected chi connectivity index (χ2v) is 12.0. The van der Waals surface area contributed by atoms with Crippen LogP contribution in [-0.2, 0) is 0 Å². The van der Waals surface area contributed by atoms with E-state index < -0.39 is 14.4 Å². The first-order valence-electron chi connectivity index (χ1n) is 13.2. The first-order chi connectivity index (χ1) is 15.8. The number of amides is 1. The Labute approximate surface area is 201 Å². The molecule has 0 heterocycles. The van der Waals surface area contributed by atoms with Gasteiger partial charge in [0.15, 0.2) is 0 Å². The highest BCUT2D eigenvalue weighted by molar-refractivity contribution is 6.59. The SMILES string of the molecule is CCCCCCC[CH2][Al]([CH2]CCCCCCC)[NH]C(=O)c1ccccc1-c1ccccc1. The molecule has 174 valence electrons. The van der Waals surface area contributed by atoms with Gasteiger partial charge in [-0.2, -0.15) is 0 Å². The zero-order valence-corrected chi connectivity index (χ0v) is 21.7. The van der Waals surface area contributed by atoms with Crippen LogP contribution in [0.15, 0.2) is 54.6 Å². The number of carbonyl (C=O) groups excluding carboxylic acids is 1. The predicted octanol–water partition coefficient (Wildman–Crippen LogP) is 8.80. The van der Waals surface area contributed by atoms with Crippen LogP contribution in [0.5, 0.6) is 0 Å². The van der Waals surface area contributed by atoms with Crippen molar-refractivity contribution in [2.75, 3.05) is 0 Å². The monoisotopic (exact) mass is 449 g/mol. The van der Waals surface area contributed by atoms with E-state index in [1.807, 2.05) is 36.4 Å². The van der Waals surface area contributed by atoms with E-state index in [0.29, 0.717) is 0 Å². The molecule has 0 saturated heterocycles. The molecule has 0 saturated carbocycles. The summed E-state index contributed by atoms with van der Waals surface area (Å²) < 4.78 is 3.55. The Morgan fingerprint density at radius 1 is 0.656 bits per heavy atom. The highest BCUT2D eigenvalue weighted by atomic mass is 27.2. The molecule has 0 aliphatic rings. The van der Waals surface area contributed by atoms with Crippen LogP contribution in [-0.4, -0.2) is 20.3 Å². The van der Waals surface area contributed by atoms with Crippen molar-refractivity contribution in [3.8, 4) is 11.1 Å². The number of nitrogens with one attached hydrogen (secondary N) is 1. The maximum atomic E-state index is 13.3. The lowest BCUT2D eigenvalue weighted by molar-refractivity contribution is 0.0979. The molecule has 2 nitrogen and oxygen atoms in total. The summed E-state index contributed by atoms with van der Waals surface area (Å²) >= 11 is -1.29. The number of benzene rings is 2. The van der Waals surface area contributed by atoms with E-state index >= 15 is 0 Å². The highest BCUT2D eigenvalue weighted by Crippen LogP contribution is 2.24. The Kier molecular flexibility index (Phi) is 14.2. The number of rotatable bonds is 17. The fourth-order valence-corrected chi connectivity index (χ4v) is 7.11. The van der Waals surface area contributed by atoms with Crippen LogP contribution in [0.2, 0.25) is 10.6 Å². The normalized spacial score (nSPS) is 10.8. The van der Waals surface area contributed by atoms with E-state index in [-0.39, 0.29) is 5.91 Å². The highest BCUT2D eigenvalue weighted by Gasteiger charge is 2.22. The molecule has 0 unspecified atom stereocenters. The molecule has 0 aliphatic carbocycles. The van der Waals surface area contributed by atoms with Gasteiger partial charge in [0.1, 0.15) is 0 Å². The minimum Gasteiger partial charge on any atom is -0.442 e. The largest absolute Gasteiger partial charge is 0.442 e. The fraction of sp³-hybridized carbons (Fsp3) is 0.552. The number of unbranched alkanes of at least 4 members (excludes halogenated alkanes) is 10. The van der Waals surface area contributed by atoms with Crippen LogP contribution in [0, 0.1) is 0 Å². The molecule has 3 heteroatoms. The Hall–Kier alpha value is -1.56. The van der Waals surface area contributed by atoms with Gasteiger partial charge in [0.05, 0.1) is 0 Å². The van der Waals surface area contributed by atoms with Crippen molar-refractivity contribution >= 4 is 20.3 Å². The summed E-state index contributed by atoms with van der Waals surface area (Å²) in [5, 5.41) is 2.47. The number of hydrogen-bond acceptors (Lipinski definition) is 1. The summed E-state index contributed by atoms with van der Waals surface area (Å²) in [6, 6.07) is 18.4. The van der Waals surface area contributed by atoms with E-state index in [1.165, 1.54) is 87.6 Å². The molecule has 0 fully saturated rings. The Morgan fingerprint density at radius 2 is 1.16 bits per heavy atom. The Morgan fingerprint density at radius 3 is 1.75 bits per heavy atom. The average molecular weight is 450 g/mol. The zero-order chi connectivity index (χ0) is 22.9. The predicted molar refractivity (Wildman–Crippen MR) is 141 cm³/mol. The summed E-state index contributed by atoms with van der Waals surface area (Å²) in [5.41, 5.74) is 2.97. The molecule has 0 radical (unpaired) electrons. The molecule has 32 heavy (non-hydrogen) atoms. The number of carbonyl (C=O) groups is 1. The smallest absolute Gasteiger partial charge is 0.414 e. The van der Waals surface area contributed by atoms with Gasteiger partial charge in [-0.25, -0.2) is 0 Å². The van der Waals surface area contributed by atoms with Crippen LogP contribution in [0.3, 0.4) is 0 Å². The lowest BCUT2D eigenvalue weighted by Crippen LogP contribution is -2.38. The van der Waals surface area contributed by atoms with Gasteiger partial charge in [0.25, 0.3) is 0 Å². The molecule has 2 aromatic rings. The van der Waals surface area contributed by atoms with Gasteiger partial charge in [-0.05, 0) is 17.2 Å². The van der Waals surface area contributed by atoms with Gasteiger partial charge in [-0.15, -0.1) is 0 Å². The zero-order valence-electron chi connectivity index (χ0n) is 20.6. The number of hydrogen-bond donors (Lipinski definition) is 1. The average Bonchev–Trinajstić information content (AvgIpc) is 2.83. The van der Waals surface area contributed by atoms with Crippen LogP contribution in [0.25, 0.3) is 11.1 Å². The maximum absolute atomic E-state index is 13.3. The second-order valence-electron chi connectivity index (χ2n) is 9.19. The summed E-state index contributed by atoms with van der Waals surface area (Å²) in [5.74, 6) is 0.137. The molecule has 1 N–H and O–H groups in total. The van der Waals surface area contributed by atoms with Crippen LogP contribution in [0.1, 0.15) is 101 Å². The Bertz CT molecular complexity index is 730. The van der Waals surface area contributed by atoms with E-state index in [2.05, 4.69) is 36.3 Å². The summed E-state index contributed by atoms with van der Waals surface area (Å²) in [7, 11) is 0. The van der Waals surface area contributed by atoms with Crippen molar-refractivity contribution in [2.24, 2.45) is 0 Å². The van der Waals surface area contributed by atoms with Crippen molar-refractivity contribution in [1.29, 1.82) is 0 Å². The van der Waals surface area contributed by atoms with Crippen molar-refractivity contribution in [1.82, 2.24) is 4.30 Å². The van der Waals surface area contributed by atoms with Crippen molar-refractivity contribution < 1.29 is 4.79 Å². The molecular weight excluding hydrogens is 405 g/mol. The Balaban J connectivity index is 1.95. The van der Waals surface area contributed by atoms with Gasteiger partial charge in [0.2, 0.25) is 5.91 Å². The minimum atomic E-state index is -1.29. The van der Waals surface area contributed by atoms with Crippen molar-refractivity contribution in [3.05, 3.63) is 60.2 Å². The lowest BCUT2D eigenvalue weighted by atomic mass is 9.99. The molecule has 0 bridgehead atoms. The lowest BCUT2D eigenvalue weighted by Gasteiger charge is -2.16. The summed E-state index contributed by atoms with van der Waals surface area (Å²) in [4.78, 5) is 13.3. The molecule has 2 aromatic carbocycles. The molecule has 1 amide bonds. The minimum absolute atomic E-state index is 0.137. The fourth-order valence-electron chi connectivity index (χ4n) is 4.44. The first-order valence-corrected chi connectivity index (χ1v) is 15.4. The molecule has 0 aliphatic heterocycles. The van der Waals surface area contributed by atoms with Crippen molar-refractivity contribution in [3.63, 3.8) is 0 Å². The second kappa shape index (κ2) is 17.0. The first kappa shape index (κ1) is 26.7. The van der Waals surface area contributed by atoms with Gasteiger partial charge in [0, 0.05) is 5.56 Å².